The van der Waals surface area contributed by atoms with Crippen LogP contribution in [-0.2, 0) is 23.7 Å². The molecule has 0 aromatic heterocycles. The van der Waals surface area contributed by atoms with Crippen molar-refractivity contribution in [2.75, 3.05) is 35.0 Å². The normalized spacial score (nSPS) is 9.91. The van der Waals surface area contributed by atoms with E-state index in [-0.39, 0.29) is 28.9 Å². The molecule has 0 aliphatic carbocycles. The van der Waals surface area contributed by atoms with E-state index in [2.05, 4.69) is 9.47 Å². The molecule has 10 heteroatoms. The van der Waals surface area contributed by atoms with Gasteiger partial charge in [0.15, 0.2) is 6.29 Å². The van der Waals surface area contributed by atoms with Crippen molar-refractivity contribution in [3.8, 4) is 0 Å². The number of hydrogen-bond donors (Lipinski definition) is 1. The number of rotatable bonds is 8. The second-order valence-corrected chi connectivity index (χ2v) is 5.88. The van der Waals surface area contributed by atoms with E-state index in [1.807, 2.05) is 0 Å². The zero-order valence-electron chi connectivity index (χ0n) is 18.0. The molecule has 0 spiro atoms. The molecule has 0 saturated heterocycles. The Hall–Kier alpha value is -3.76. The molecule has 0 fully saturated rings. The third-order valence-electron chi connectivity index (χ3n) is 3.99. The molecule has 0 radical (unpaired) electrons. The van der Waals surface area contributed by atoms with E-state index in [0.717, 1.165) is 0 Å². The summed E-state index contributed by atoms with van der Waals surface area (Å²) in [5, 5.41) is 8.93. The minimum absolute atomic E-state index is 0.00374. The smallest absolute Gasteiger partial charge is 0.339 e. The van der Waals surface area contributed by atoms with E-state index in [9.17, 15) is 19.2 Å². The maximum absolute atomic E-state index is 11.7. The highest BCUT2D eigenvalue weighted by molar-refractivity contribution is 6.03. The van der Waals surface area contributed by atoms with Crippen molar-refractivity contribution in [3.05, 3.63) is 70.8 Å². The standard InChI is InChI=1S/C12H14O6.C10H10O4/c1-16-10(17-2)7-18-12(15)9-6-4-3-5-8(9)11(13)14;1-13-9(11)7-5-3-4-6-8(7)10(12)14-2/h3-6,10H,7H2,1-2H3,(H,13,14);3-6H,1-2H3. The van der Waals surface area contributed by atoms with Gasteiger partial charge in [-0.3, -0.25) is 0 Å². The molecular weight excluding hydrogens is 424 g/mol. The van der Waals surface area contributed by atoms with Gasteiger partial charge < -0.3 is 28.8 Å². The summed E-state index contributed by atoms with van der Waals surface area (Å²) in [4.78, 5) is 45.1. The van der Waals surface area contributed by atoms with Gasteiger partial charge in [-0.2, -0.15) is 0 Å². The van der Waals surface area contributed by atoms with Crippen LogP contribution in [0.5, 0.6) is 0 Å². The predicted octanol–water partition coefficient (Wildman–Crippen LogP) is 2.42. The second-order valence-electron chi connectivity index (χ2n) is 5.88. The quantitative estimate of drug-likeness (QED) is 0.364. The Kier molecular flexibility index (Phi) is 11.1. The lowest BCUT2D eigenvalue weighted by atomic mass is 10.1. The summed E-state index contributed by atoms with van der Waals surface area (Å²) in [6.45, 7) is -0.111. The zero-order valence-corrected chi connectivity index (χ0v) is 18.0. The topological polar surface area (TPSA) is 135 Å². The van der Waals surface area contributed by atoms with Crippen LogP contribution in [0.1, 0.15) is 41.4 Å². The van der Waals surface area contributed by atoms with Gasteiger partial charge in [-0.25, -0.2) is 19.2 Å². The number of carboxylic acid groups (broad SMARTS) is 1. The minimum Gasteiger partial charge on any atom is -0.478 e. The molecule has 172 valence electrons. The van der Waals surface area contributed by atoms with Crippen molar-refractivity contribution in [2.45, 2.75) is 6.29 Å². The Morgan fingerprint density at radius 1 is 0.688 bits per heavy atom. The van der Waals surface area contributed by atoms with Crippen molar-refractivity contribution < 1.29 is 48.0 Å². The molecule has 2 aromatic carbocycles. The van der Waals surface area contributed by atoms with Gasteiger partial charge in [-0.1, -0.05) is 24.3 Å². The van der Waals surface area contributed by atoms with E-state index in [1.54, 1.807) is 18.2 Å². The molecule has 0 aliphatic heterocycles. The number of carbonyl (C=O) groups is 4. The van der Waals surface area contributed by atoms with Crippen molar-refractivity contribution in [3.63, 3.8) is 0 Å². The van der Waals surface area contributed by atoms with E-state index in [4.69, 9.17) is 19.3 Å². The lowest BCUT2D eigenvalue weighted by Crippen LogP contribution is -2.23. The van der Waals surface area contributed by atoms with E-state index in [0.29, 0.717) is 0 Å². The van der Waals surface area contributed by atoms with Crippen molar-refractivity contribution >= 4 is 23.9 Å². The summed E-state index contributed by atoms with van der Waals surface area (Å²) in [7, 11) is 5.34. The van der Waals surface area contributed by atoms with Gasteiger partial charge in [-0.05, 0) is 24.3 Å². The molecular formula is C22H24O10. The van der Waals surface area contributed by atoms with Crippen LogP contribution < -0.4 is 0 Å². The second kappa shape index (κ2) is 13.5. The Bertz CT molecular complexity index is 899. The summed E-state index contributed by atoms with van der Waals surface area (Å²) >= 11 is 0. The predicted molar refractivity (Wildman–Crippen MR) is 111 cm³/mol. The van der Waals surface area contributed by atoms with Gasteiger partial charge in [0.1, 0.15) is 6.61 Å². The van der Waals surface area contributed by atoms with Crippen molar-refractivity contribution in [2.24, 2.45) is 0 Å². The molecule has 2 aromatic rings. The van der Waals surface area contributed by atoms with Gasteiger partial charge in [0, 0.05) is 14.2 Å². The Morgan fingerprint density at radius 3 is 1.41 bits per heavy atom. The summed E-state index contributed by atoms with van der Waals surface area (Å²) in [6, 6.07) is 12.2. The molecule has 0 aliphatic rings. The van der Waals surface area contributed by atoms with E-state index < -0.39 is 30.2 Å². The van der Waals surface area contributed by atoms with Gasteiger partial charge >= 0.3 is 23.9 Å². The Balaban J connectivity index is 0.000000330. The van der Waals surface area contributed by atoms with Crippen LogP contribution in [0.2, 0.25) is 0 Å². The highest BCUT2D eigenvalue weighted by Crippen LogP contribution is 2.12. The lowest BCUT2D eigenvalue weighted by molar-refractivity contribution is -0.129. The summed E-state index contributed by atoms with van der Waals surface area (Å²) in [5.74, 6) is -3.01. The van der Waals surface area contributed by atoms with E-state index >= 15 is 0 Å². The molecule has 10 nitrogen and oxygen atoms in total. The first kappa shape index (κ1) is 26.3. The summed E-state index contributed by atoms with van der Waals surface area (Å²) in [6.07, 6.45) is -0.675. The molecule has 0 saturated carbocycles. The molecule has 0 heterocycles. The maximum Gasteiger partial charge on any atom is 0.339 e. The number of esters is 3. The Labute approximate surface area is 184 Å². The first-order chi connectivity index (χ1) is 15.3. The number of methoxy groups -OCH3 is 4. The maximum atomic E-state index is 11.7. The highest BCUT2D eigenvalue weighted by atomic mass is 16.7. The van der Waals surface area contributed by atoms with E-state index in [1.165, 1.54) is 58.8 Å². The first-order valence-electron chi connectivity index (χ1n) is 9.11. The fraction of sp³-hybridized carbons (Fsp3) is 0.273. The van der Waals surface area contributed by atoms with Crippen LogP contribution in [0.4, 0.5) is 0 Å². The molecule has 0 atom stereocenters. The number of benzene rings is 2. The molecule has 2 rings (SSSR count). The number of ether oxygens (including phenoxy) is 5. The van der Waals surface area contributed by atoms with Gasteiger partial charge in [0.25, 0.3) is 0 Å². The third-order valence-corrected chi connectivity index (χ3v) is 3.99. The zero-order chi connectivity index (χ0) is 24.1. The highest BCUT2D eigenvalue weighted by Gasteiger charge is 2.19. The average Bonchev–Trinajstić information content (AvgIpc) is 2.83. The third kappa shape index (κ3) is 7.49. The van der Waals surface area contributed by atoms with Gasteiger partial charge in [0.2, 0.25) is 0 Å². The van der Waals surface area contributed by atoms with Gasteiger partial charge in [-0.15, -0.1) is 0 Å². The first-order valence-corrected chi connectivity index (χ1v) is 9.11. The van der Waals surface area contributed by atoms with Crippen LogP contribution in [0.15, 0.2) is 48.5 Å². The monoisotopic (exact) mass is 448 g/mol. The number of aromatic carboxylic acids is 1. The van der Waals surface area contributed by atoms with Crippen LogP contribution in [0, 0.1) is 0 Å². The molecule has 0 bridgehead atoms. The summed E-state index contributed by atoms with van der Waals surface area (Å²) in [5.41, 5.74) is 0.313. The minimum atomic E-state index is -1.18. The van der Waals surface area contributed by atoms with Crippen LogP contribution in [0.25, 0.3) is 0 Å². The molecule has 32 heavy (non-hydrogen) atoms. The van der Waals surface area contributed by atoms with Crippen molar-refractivity contribution in [1.82, 2.24) is 0 Å². The average molecular weight is 448 g/mol. The largest absolute Gasteiger partial charge is 0.478 e. The molecule has 0 unspecified atom stereocenters. The SMILES string of the molecule is COC(=O)c1ccccc1C(=O)OC.COC(COC(=O)c1ccccc1C(=O)O)OC. The van der Waals surface area contributed by atoms with Crippen LogP contribution >= 0.6 is 0 Å². The molecule has 0 amide bonds. The number of carbonyl (C=O) groups excluding carboxylic acids is 3. The lowest BCUT2D eigenvalue weighted by Gasteiger charge is -2.13. The fourth-order valence-electron chi connectivity index (χ4n) is 2.36. The fourth-order valence-corrected chi connectivity index (χ4v) is 2.36. The molecule has 1 N–H and O–H groups in total. The Morgan fingerprint density at radius 2 is 1.06 bits per heavy atom. The van der Waals surface area contributed by atoms with Crippen LogP contribution in [0.3, 0.4) is 0 Å². The number of hydrogen-bond acceptors (Lipinski definition) is 9. The summed E-state index contributed by atoms with van der Waals surface area (Å²) < 4.78 is 23.7. The number of carboxylic acids is 1. The van der Waals surface area contributed by atoms with Crippen LogP contribution in [-0.4, -0.2) is 70.3 Å². The van der Waals surface area contributed by atoms with Crippen molar-refractivity contribution in [1.29, 1.82) is 0 Å². The van der Waals surface area contributed by atoms with Gasteiger partial charge in [0.05, 0.1) is 36.5 Å².